The Kier molecular flexibility index (Phi) is 15.5. The van der Waals surface area contributed by atoms with E-state index in [1.807, 2.05) is 20.8 Å². The number of carbonyl (C=O) groups excluding carboxylic acids is 2. The Bertz CT molecular complexity index is 1180. The molecule has 2 amide bonds. The van der Waals surface area contributed by atoms with E-state index < -0.39 is 11.6 Å². The summed E-state index contributed by atoms with van der Waals surface area (Å²) < 4.78 is 3.52. The maximum Gasteiger partial charge on any atom is 0.486 e. The van der Waals surface area contributed by atoms with Crippen molar-refractivity contribution in [1.29, 1.82) is 0 Å². The van der Waals surface area contributed by atoms with Gasteiger partial charge in [0.1, 0.15) is 17.7 Å². The van der Waals surface area contributed by atoms with E-state index in [2.05, 4.69) is 66.0 Å². The summed E-state index contributed by atoms with van der Waals surface area (Å²) in [6.07, 6.45) is 14.4. The lowest BCUT2D eigenvalue weighted by Crippen LogP contribution is -2.89. The average Bonchev–Trinajstić information content (AvgIpc) is 3.57. The number of nitrogens with two attached hydrogens (primary N) is 1. The number of aliphatic hydroxyl groups excluding tert-OH is 2. The molecule has 6 unspecified atom stereocenters. The summed E-state index contributed by atoms with van der Waals surface area (Å²) in [5.74, 6) is 2.27. The van der Waals surface area contributed by atoms with Crippen LogP contribution in [0.1, 0.15) is 113 Å². The highest BCUT2D eigenvalue weighted by molar-refractivity contribution is 6.44. The molecule has 2 aliphatic heterocycles. The number of amidine groups is 1. The summed E-state index contributed by atoms with van der Waals surface area (Å²) in [6, 6.07) is -0.325. The number of rotatable bonds is 9. The van der Waals surface area contributed by atoms with Gasteiger partial charge in [-0.25, -0.2) is 0 Å². The monoisotopic (exact) mass is 644 g/mol. The third-order valence-corrected chi connectivity index (χ3v) is 9.88. The predicted molar refractivity (Wildman–Crippen MR) is 188 cm³/mol. The molecule has 4 aliphatic rings. The number of hydrogen-bond acceptors (Lipinski definition) is 4. The van der Waals surface area contributed by atoms with Gasteiger partial charge < -0.3 is 25.7 Å². The van der Waals surface area contributed by atoms with Crippen LogP contribution in [-0.4, -0.2) is 81.7 Å². The van der Waals surface area contributed by atoms with Crippen LogP contribution in [0.5, 0.6) is 0 Å². The fraction of sp³-hybridized carbons (Fsp3) is 0.750. The van der Waals surface area contributed by atoms with Gasteiger partial charge in [-0.2, -0.15) is 0 Å². The van der Waals surface area contributed by atoms with Gasteiger partial charge in [0.05, 0.1) is 12.1 Å². The van der Waals surface area contributed by atoms with Crippen LogP contribution in [0.3, 0.4) is 0 Å². The van der Waals surface area contributed by atoms with Crippen LogP contribution in [-0.2, 0) is 9.59 Å². The van der Waals surface area contributed by atoms with Gasteiger partial charge in [0.25, 0.3) is 0 Å². The third-order valence-electron chi connectivity index (χ3n) is 9.88. The lowest BCUT2D eigenvalue weighted by molar-refractivity contribution is -0.527. The zero-order chi connectivity index (χ0) is 34.6. The molecule has 0 spiro atoms. The normalized spacial score (nSPS) is 29.2. The maximum atomic E-state index is 13.6. The summed E-state index contributed by atoms with van der Waals surface area (Å²) in [7, 11) is 1.51. The van der Waals surface area contributed by atoms with Crippen LogP contribution in [0, 0.1) is 23.7 Å². The minimum absolute atomic E-state index is 0.0302. The zero-order valence-corrected chi connectivity index (χ0v) is 30.0. The van der Waals surface area contributed by atoms with Crippen LogP contribution in [0.15, 0.2) is 23.9 Å². The largest absolute Gasteiger partial charge is 0.486 e. The number of amides is 2. The van der Waals surface area contributed by atoms with E-state index in [9.17, 15) is 14.7 Å². The number of likely N-dealkylation sites (tertiary alicyclic amines) is 1. The zero-order valence-electron chi connectivity index (χ0n) is 30.0. The number of fused-ring (bicyclic) bond motifs is 1. The lowest BCUT2D eigenvalue weighted by Gasteiger charge is -2.42. The van der Waals surface area contributed by atoms with Gasteiger partial charge in [-0.3, -0.25) is 20.3 Å². The topological polar surface area (TPSA) is 156 Å². The molecular weight excluding hydrogens is 580 g/mol. The molecule has 0 aromatic rings. The lowest BCUT2D eigenvalue weighted by atomic mass is 9.65. The highest BCUT2D eigenvalue weighted by atomic mass is 16.3. The van der Waals surface area contributed by atoms with E-state index in [1.54, 1.807) is 0 Å². The molecule has 10 heteroatoms. The van der Waals surface area contributed by atoms with Gasteiger partial charge >= 0.3 is 17.5 Å². The SMILES string of the molecule is CC.CCC(N)=[NH+]C(CC(C)C)C1(C)[C@H](O)C(NC(=O)C2CCCC3CCCCC32)CN1C=C(C)C.CNC(=O)C1=[N+]=C(O)C=C1. The van der Waals surface area contributed by atoms with E-state index in [0.29, 0.717) is 24.3 Å². The van der Waals surface area contributed by atoms with Crippen molar-refractivity contribution < 1.29 is 24.8 Å². The van der Waals surface area contributed by atoms with Crippen molar-refractivity contribution in [2.24, 2.45) is 29.4 Å². The number of carbonyl (C=O) groups is 2. The highest BCUT2D eigenvalue weighted by Crippen LogP contribution is 2.44. The van der Waals surface area contributed by atoms with Gasteiger partial charge in [-0.05, 0) is 68.7 Å². The average molecular weight is 645 g/mol. The van der Waals surface area contributed by atoms with Crippen molar-refractivity contribution in [3.8, 4) is 0 Å². The van der Waals surface area contributed by atoms with Gasteiger partial charge in [0, 0.05) is 32.0 Å². The van der Waals surface area contributed by atoms with Crippen molar-refractivity contribution in [1.82, 2.24) is 20.2 Å². The molecule has 2 aliphatic carbocycles. The first kappa shape index (κ1) is 39.1. The number of nitrogens with one attached hydrogen (secondary N) is 3. The van der Waals surface area contributed by atoms with E-state index in [-0.39, 0.29) is 41.4 Å². The Hall–Kier alpha value is -3.10. The fourth-order valence-corrected chi connectivity index (χ4v) is 7.52. The Morgan fingerprint density at radius 3 is 2.37 bits per heavy atom. The van der Waals surface area contributed by atoms with Crippen LogP contribution in [0.2, 0.25) is 0 Å². The van der Waals surface area contributed by atoms with Crippen molar-refractivity contribution in [3.63, 3.8) is 0 Å². The molecule has 46 heavy (non-hydrogen) atoms. The van der Waals surface area contributed by atoms with Crippen molar-refractivity contribution in [2.75, 3.05) is 13.6 Å². The van der Waals surface area contributed by atoms with Gasteiger partial charge in [-0.15, -0.1) is 0 Å². The van der Waals surface area contributed by atoms with Crippen LogP contribution >= 0.6 is 0 Å². The maximum absolute atomic E-state index is 13.6. The smallest absolute Gasteiger partial charge is 0.447 e. The van der Waals surface area contributed by atoms with E-state index in [1.165, 1.54) is 56.9 Å². The van der Waals surface area contributed by atoms with Crippen LogP contribution < -0.4 is 26.0 Å². The molecule has 0 aromatic carbocycles. The van der Waals surface area contributed by atoms with Crippen LogP contribution in [0.4, 0.5) is 0 Å². The van der Waals surface area contributed by atoms with Gasteiger partial charge in [0.15, 0.2) is 0 Å². The van der Waals surface area contributed by atoms with Gasteiger partial charge in [0.2, 0.25) is 11.7 Å². The number of aliphatic hydroxyl groups is 2. The predicted octanol–water partition coefficient (Wildman–Crippen LogP) is 2.49. The number of nitrogens with zero attached hydrogens (tertiary/aromatic N) is 2. The Balaban J connectivity index is 0.000000517. The minimum Gasteiger partial charge on any atom is -0.447 e. The Morgan fingerprint density at radius 1 is 1.15 bits per heavy atom. The van der Waals surface area contributed by atoms with Crippen LogP contribution in [0.25, 0.3) is 0 Å². The van der Waals surface area contributed by atoms with Crippen molar-refractivity contribution in [3.05, 3.63) is 23.9 Å². The summed E-state index contributed by atoms with van der Waals surface area (Å²) in [6.45, 7) is 17.4. The van der Waals surface area contributed by atoms with Crippen molar-refractivity contribution in [2.45, 2.75) is 137 Å². The summed E-state index contributed by atoms with van der Waals surface area (Å²) >= 11 is 0. The molecule has 0 radical (unpaired) electrons. The minimum atomic E-state index is -0.696. The molecule has 0 aromatic heterocycles. The van der Waals surface area contributed by atoms with Gasteiger partial charge in [-0.1, -0.05) is 72.3 Å². The molecule has 0 bridgehead atoms. The summed E-state index contributed by atoms with van der Waals surface area (Å²) in [5.41, 5.74) is 7.09. The second-order valence-corrected chi connectivity index (χ2v) is 13.9. The molecule has 7 N–H and O–H groups in total. The Labute approximate surface area is 277 Å². The molecule has 10 nitrogen and oxygen atoms in total. The molecule has 3 fully saturated rings. The first-order valence-electron chi connectivity index (χ1n) is 17.6. The van der Waals surface area contributed by atoms with E-state index in [4.69, 9.17) is 10.8 Å². The van der Waals surface area contributed by atoms with Crippen molar-refractivity contribution >= 4 is 29.3 Å². The fourth-order valence-electron chi connectivity index (χ4n) is 7.52. The molecule has 2 saturated carbocycles. The third kappa shape index (κ3) is 9.95. The second kappa shape index (κ2) is 18.3. The molecule has 2 heterocycles. The summed E-state index contributed by atoms with van der Waals surface area (Å²) in [4.78, 5) is 30.1. The molecule has 260 valence electrons. The standard InChI is InChI=1S/C28H50N4O2.C6H6N2O2.C2H6/c1-7-25(29)31-24(15-18(2)3)28(6)26(33)23(17-32(28)16-19(4)5)30-27(34)22-14-10-12-20-11-8-9-13-21(20)22;1-7-6(10)4-2-3-5(9)8-4;1-2/h16,18,20-24,26,33H,7-15,17H2,1-6H3,(H2,29,31)(H,30,34);2-3H,1H3,(H,7,10);1-2H3/p+2/t20?,21?,22?,23?,24?,26-,28?;;/m1../s1. The molecule has 1 saturated heterocycles. The first-order valence-corrected chi connectivity index (χ1v) is 17.6. The quantitative estimate of drug-likeness (QED) is 0.129. The molecular formula is C36H64N6O4+2. The highest BCUT2D eigenvalue weighted by Gasteiger charge is 2.56. The number of hydrogen-bond donors (Lipinski definition) is 6. The number of allylic oxidation sites excluding steroid dienone is 1. The van der Waals surface area contributed by atoms with E-state index in [0.717, 1.165) is 31.5 Å². The second-order valence-electron chi connectivity index (χ2n) is 13.9. The summed E-state index contributed by atoms with van der Waals surface area (Å²) in [5, 5.41) is 26.2. The first-order chi connectivity index (χ1) is 21.8. The molecule has 4 rings (SSSR count). The molecule has 7 atom stereocenters. The van der Waals surface area contributed by atoms with E-state index >= 15 is 0 Å². The Morgan fingerprint density at radius 2 is 1.80 bits per heavy atom.